The van der Waals surface area contributed by atoms with E-state index >= 15 is 0 Å². The van der Waals surface area contributed by atoms with Gasteiger partial charge in [0.2, 0.25) is 0 Å². The maximum atomic E-state index is 12.0. The van der Waals surface area contributed by atoms with E-state index in [-0.39, 0.29) is 6.04 Å². The first-order valence-electron chi connectivity index (χ1n) is 5.36. The molecule has 0 aliphatic heterocycles. The Kier molecular flexibility index (Phi) is 4.00. The number of nitrogens with two attached hydrogens (primary N) is 1. The van der Waals surface area contributed by atoms with Crippen molar-refractivity contribution in [3.8, 4) is 0 Å². The van der Waals surface area contributed by atoms with E-state index in [9.17, 15) is 8.42 Å². The number of benzene rings is 1. The summed E-state index contributed by atoms with van der Waals surface area (Å²) in [7, 11) is -1.99. The molecule has 0 spiro atoms. The molecular weight excluding hydrogens is 238 g/mol. The maximum absolute atomic E-state index is 12.0. The summed E-state index contributed by atoms with van der Waals surface area (Å²) in [6.07, 6.45) is 0. The largest absolute Gasteiger partial charge is 0.398 e. The van der Waals surface area contributed by atoms with Crippen molar-refractivity contribution in [3.63, 3.8) is 0 Å². The molecule has 5 nitrogen and oxygen atoms in total. The van der Waals surface area contributed by atoms with Crippen molar-refractivity contribution in [2.45, 2.75) is 26.8 Å². The Labute approximate surface area is 103 Å². The lowest BCUT2D eigenvalue weighted by Crippen LogP contribution is -2.37. The molecule has 0 bridgehead atoms. The van der Waals surface area contributed by atoms with Gasteiger partial charge in [-0.15, -0.1) is 0 Å². The third-order valence-electron chi connectivity index (χ3n) is 2.72. The topological polar surface area (TPSA) is 75.4 Å². The molecule has 0 radical (unpaired) electrons. The molecule has 6 heteroatoms. The van der Waals surface area contributed by atoms with Crippen molar-refractivity contribution in [1.29, 1.82) is 0 Å². The van der Waals surface area contributed by atoms with Crippen LogP contribution in [0.15, 0.2) is 18.2 Å². The smallest absolute Gasteiger partial charge is 0.301 e. The van der Waals surface area contributed by atoms with E-state index in [0.717, 1.165) is 5.56 Å². The predicted molar refractivity (Wildman–Crippen MR) is 71.0 cm³/mol. The number of nitrogen functional groups attached to an aromatic ring is 1. The van der Waals surface area contributed by atoms with Crippen molar-refractivity contribution >= 4 is 21.6 Å². The Hall–Kier alpha value is -1.27. The molecule has 3 N–H and O–H groups in total. The normalized spacial score (nSPS) is 12.1. The second-order valence-corrected chi connectivity index (χ2v) is 5.97. The monoisotopic (exact) mass is 257 g/mol. The standard InChI is InChI=1S/C11H19N3O2S/c1-8(2)14(4)17(15,16)13-11-7-5-6-10(12)9(11)3/h5-8,13H,12H2,1-4H3. The summed E-state index contributed by atoms with van der Waals surface area (Å²) in [4.78, 5) is 0. The van der Waals surface area contributed by atoms with Crippen LogP contribution < -0.4 is 10.5 Å². The van der Waals surface area contributed by atoms with Crippen LogP contribution in [0.4, 0.5) is 11.4 Å². The average molecular weight is 257 g/mol. The van der Waals surface area contributed by atoms with Gasteiger partial charge < -0.3 is 5.73 Å². The SMILES string of the molecule is Cc1c(N)cccc1NS(=O)(=O)N(C)C(C)C. The van der Waals surface area contributed by atoms with Crippen LogP contribution in [-0.4, -0.2) is 25.8 Å². The minimum atomic E-state index is -3.52. The van der Waals surface area contributed by atoms with Gasteiger partial charge in [-0.3, -0.25) is 4.72 Å². The molecule has 1 rings (SSSR count). The number of hydrogen-bond acceptors (Lipinski definition) is 3. The zero-order chi connectivity index (χ0) is 13.2. The second kappa shape index (κ2) is 4.93. The van der Waals surface area contributed by atoms with Crippen molar-refractivity contribution in [1.82, 2.24) is 4.31 Å². The van der Waals surface area contributed by atoms with Gasteiger partial charge in [-0.1, -0.05) is 6.07 Å². The highest BCUT2D eigenvalue weighted by Crippen LogP contribution is 2.22. The lowest BCUT2D eigenvalue weighted by atomic mass is 10.2. The molecule has 96 valence electrons. The highest BCUT2D eigenvalue weighted by atomic mass is 32.2. The van der Waals surface area contributed by atoms with Gasteiger partial charge in [0.15, 0.2) is 0 Å². The van der Waals surface area contributed by atoms with E-state index in [1.807, 2.05) is 13.8 Å². The Morgan fingerprint density at radius 3 is 2.47 bits per heavy atom. The van der Waals surface area contributed by atoms with E-state index in [1.165, 1.54) is 11.4 Å². The van der Waals surface area contributed by atoms with Crippen LogP contribution >= 0.6 is 0 Å². The molecule has 0 atom stereocenters. The summed E-state index contributed by atoms with van der Waals surface area (Å²) in [6.45, 7) is 5.40. The van der Waals surface area contributed by atoms with Crippen molar-refractivity contribution in [3.05, 3.63) is 23.8 Å². The van der Waals surface area contributed by atoms with Crippen molar-refractivity contribution < 1.29 is 8.42 Å². The second-order valence-electron chi connectivity index (χ2n) is 4.24. The first-order valence-corrected chi connectivity index (χ1v) is 6.80. The fourth-order valence-electron chi connectivity index (χ4n) is 1.25. The summed E-state index contributed by atoms with van der Waals surface area (Å²) < 4.78 is 27.8. The van der Waals surface area contributed by atoms with Crippen LogP contribution in [0.5, 0.6) is 0 Å². The molecule has 0 saturated carbocycles. The number of anilines is 2. The Morgan fingerprint density at radius 1 is 1.35 bits per heavy atom. The quantitative estimate of drug-likeness (QED) is 0.804. The van der Waals surface area contributed by atoms with Crippen LogP contribution in [0.25, 0.3) is 0 Å². The van der Waals surface area contributed by atoms with Crippen LogP contribution in [0.3, 0.4) is 0 Å². The first-order chi connectivity index (χ1) is 7.75. The third kappa shape index (κ3) is 3.10. The van der Waals surface area contributed by atoms with Gasteiger partial charge in [-0.25, -0.2) is 0 Å². The van der Waals surface area contributed by atoms with Crippen molar-refractivity contribution in [2.24, 2.45) is 0 Å². The minimum absolute atomic E-state index is 0.103. The van der Waals surface area contributed by atoms with Crippen molar-refractivity contribution in [2.75, 3.05) is 17.5 Å². The maximum Gasteiger partial charge on any atom is 0.301 e. The Morgan fingerprint density at radius 2 is 1.94 bits per heavy atom. The molecule has 1 aromatic carbocycles. The predicted octanol–water partition coefficient (Wildman–Crippen LogP) is 1.57. The minimum Gasteiger partial charge on any atom is -0.398 e. The number of hydrogen-bond donors (Lipinski definition) is 2. The zero-order valence-electron chi connectivity index (χ0n) is 10.6. The molecule has 1 aromatic rings. The Bertz CT molecular complexity index is 497. The lowest BCUT2D eigenvalue weighted by Gasteiger charge is -2.22. The molecule has 0 unspecified atom stereocenters. The number of nitrogens with one attached hydrogen (secondary N) is 1. The van der Waals surface area contributed by atoms with E-state index in [1.54, 1.807) is 25.1 Å². The van der Waals surface area contributed by atoms with Gasteiger partial charge in [0.25, 0.3) is 0 Å². The molecule has 17 heavy (non-hydrogen) atoms. The summed E-state index contributed by atoms with van der Waals surface area (Å²) in [5.74, 6) is 0. The van der Waals surface area contributed by atoms with Gasteiger partial charge in [-0.2, -0.15) is 12.7 Å². The summed E-state index contributed by atoms with van der Waals surface area (Å²) >= 11 is 0. The average Bonchev–Trinajstić information content (AvgIpc) is 2.23. The lowest BCUT2D eigenvalue weighted by molar-refractivity contribution is 0.414. The highest BCUT2D eigenvalue weighted by Gasteiger charge is 2.20. The van der Waals surface area contributed by atoms with Crippen LogP contribution in [0.1, 0.15) is 19.4 Å². The van der Waals surface area contributed by atoms with E-state index in [2.05, 4.69) is 4.72 Å². The highest BCUT2D eigenvalue weighted by molar-refractivity contribution is 7.90. The van der Waals surface area contributed by atoms with Crippen LogP contribution in [0, 0.1) is 6.92 Å². The fourth-order valence-corrected chi connectivity index (χ4v) is 2.45. The molecule has 0 saturated heterocycles. The summed E-state index contributed by atoms with van der Waals surface area (Å²) in [5.41, 5.74) is 7.54. The fraction of sp³-hybridized carbons (Fsp3) is 0.455. The number of rotatable bonds is 4. The third-order valence-corrected chi connectivity index (χ3v) is 4.38. The molecule has 0 amide bonds. The van der Waals surface area contributed by atoms with Gasteiger partial charge >= 0.3 is 10.2 Å². The molecule has 0 heterocycles. The number of nitrogens with zero attached hydrogens (tertiary/aromatic N) is 1. The van der Waals surface area contributed by atoms with Gasteiger partial charge in [-0.05, 0) is 38.5 Å². The van der Waals surface area contributed by atoms with E-state index in [4.69, 9.17) is 5.73 Å². The van der Waals surface area contributed by atoms with E-state index < -0.39 is 10.2 Å². The van der Waals surface area contributed by atoms with Gasteiger partial charge in [0.05, 0.1) is 5.69 Å². The summed E-state index contributed by atoms with van der Waals surface area (Å²) in [6, 6.07) is 5.04. The van der Waals surface area contributed by atoms with E-state index in [0.29, 0.717) is 11.4 Å². The van der Waals surface area contributed by atoms with Crippen LogP contribution in [-0.2, 0) is 10.2 Å². The molecule has 0 aromatic heterocycles. The van der Waals surface area contributed by atoms with Crippen LogP contribution in [0.2, 0.25) is 0 Å². The summed E-state index contributed by atoms with van der Waals surface area (Å²) in [5, 5.41) is 0. The first kappa shape index (κ1) is 13.8. The molecule has 0 aliphatic carbocycles. The molecule has 0 aliphatic rings. The molecule has 0 fully saturated rings. The van der Waals surface area contributed by atoms with Gasteiger partial charge in [0.1, 0.15) is 0 Å². The zero-order valence-corrected chi connectivity index (χ0v) is 11.4. The van der Waals surface area contributed by atoms with Gasteiger partial charge in [0, 0.05) is 18.8 Å². The molecular formula is C11H19N3O2S. The Balaban J connectivity index is 3.03.